The molecule has 0 aromatic heterocycles. The van der Waals surface area contributed by atoms with E-state index in [9.17, 15) is 0 Å². The maximum atomic E-state index is 5.84. The van der Waals surface area contributed by atoms with Crippen molar-refractivity contribution < 1.29 is 14.2 Å². The first-order valence-corrected chi connectivity index (χ1v) is 11.0. The van der Waals surface area contributed by atoms with E-state index >= 15 is 0 Å². The molecular weight excluding hydrogens is 384 g/mol. The molecule has 2 N–H and O–H groups in total. The number of benzene rings is 2. The van der Waals surface area contributed by atoms with Crippen molar-refractivity contribution in [3.63, 3.8) is 0 Å². The summed E-state index contributed by atoms with van der Waals surface area (Å²) in [5.74, 6) is 4.24. The van der Waals surface area contributed by atoms with Gasteiger partial charge in [0.2, 0.25) is 0 Å². The van der Waals surface area contributed by atoms with Gasteiger partial charge in [-0.05, 0) is 56.9 Å². The van der Waals surface area contributed by atoms with Crippen LogP contribution in [-0.2, 0) is 4.74 Å². The van der Waals surface area contributed by atoms with E-state index in [1.165, 1.54) is 6.20 Å². The first-order valence-electron chi connectivity index (χ1n) is 9.87. The molecule has 0 fully saturated rings. The summed E-state index contributed by atoms with van der Waals surface area (Å²) in [6.07, 6.45) is 2.51. The molecule has 0 unspecified atom stereocenters. The molecule has 0 saturated carbocycles. The van der Waals surface area contributed by atoms with Crippen LogP contribution in [0.3, 0.4) is 0 Å². The van der Waals surface area contributed by atoms with Gasteiger partial charge >= 0.3 is 0 Å². The van der Waals surface area contributed by atoms with E-state index in [0.29, 0.717) is 25.6 Å². The zero-order valence-electron chi connectivity index (χ0n) is 17.4. The predicted molar refractivity (Wildman–Crippen MR) is 122 cm³/mol. The van der Waals surface area contributed by atoms with Crippen LogP contribution in [-0.4, -0.2) is 56.9 Å². The lowest BCUT2D eigenvalue weighted by Crippen LogP contribution is -2.15. The minimum Gasteiger partial charge on any atom is -0.494 e. The highest BCUT2D eigenvalue weighted by atomic mass is 32.2. The second-order valence-corrected chi connectivity index (χ2v) is 7.91. The molecule has 2 rings (SSSR count). The third kappa shape index (κ3) is 9.63. The van der Waals surface area contributed by atoms with Gasteiger partial charge in [-0.1, -0.05) is 18.2 Å². The van der Waals surface area contributed by atoms with Crippen molar-refractivity contribution in [2.75, 3.05) is 52.0 Å². The van der Waals surface area contributed by atoms with Crippen molar-refractivity contribution in [3.8, 4) is 11.5 Å². The van der Waals surface area contributed by atoms with Crippen LogP contribution in [0.5, 0.6) is 11.5 Å². The van der Waals surface area contributed by atoms with E-state index in [0.717, 1.165) is 41.5 Å². The minimum absolute atomic E-state index is 0.599. The molecule has 0 aliphatic heterocycles. The number of para-hydroxylation sites is 1. The highest BCUT2D eigenvalue weighted by molar-refractivity contribution is 7.99. The second-order valence-electron chi connectivity index (χ2n) is 6.68. The van der Waals surface area contributed by atoms with Gasteiger partial charge in [-0.3, -0.25) is 0 Å². The monoisotopic (exact) mass is 416 g/mol. The summed E-state index contributed by atoms with van der Waals surface area (Å²) < 4.78 is 17.3. The van der Waals surface area contributed by atoms with Gasteiger partial charge in [0, 0.05) is 29.8 Å². The number of nitrogens with zero attached hydrogens (tertiary/aromatic N) is 1. The predicted octanol–water partition coefficient (Wildman–Crippen LogP) is 4.10. The molecule has 6 heteroatoms. The van der Waals surface area contributed by atoms with Crippen LogP contribution in [0.25, 0.3) is 5.76 Å². The van der Waals surface area contributed by atoms with Gasteiger partial charge in [-0.2, -0.15) is 11.8 Å². The molecule has 0 atom stereocenters. The summed E-state index contributed by atoms with van der Waals surface area (Å²) in [7, 11) is 4.12. The molecule has 158 valence electrons. The van der Waals surface area contributed by atoms with E-state index < -0.39 is 0 Å². The van der Waals surface area contributed by atoms with Crippen molar-refractivity contribution in [1.82, 2.24) is 4.90 Å². The van der Waals surface area contributed by atoms with Crippen LogP contribution < -0.4 is 15.2 Å². The van der Waals surface area contributed by atoms with E-state index in [2.05, 4.69) is 19.0 Å². The standard InChI is InChI=1S/C23H32N2O3S/c1-25(2)13-6-14-26-22-11-9-20(10-12-22)23(19-24)28-16-18-29-17-15-27-21-7-4-3-5-8-21/h3-5,7-12,19H,6,13-18,24H2,1-2H3/b23-19-. The fourth-order valence-corrected chi connectivity index (χ4v) is 3.17. The molecule has 0 spiro atoms. The summed E-state index contributed by atoms with van der Waals surface area (Å²) in [6.45, 7) is 3.01. The van der Waals surface area contributed by atoms with Crippen LogP contribution in [0, 0.1) is 0 Å². The SMILES string of the molecule is CN(C)CCCOc1ccc(/C(=C/N)OCCSCCOc2ccccc2)cc1. The molecule has 0 radical (unpaired) electrons. The Balaban J connectivity index is 1.61. The highest BCUT2D eigenvalue weighted by Gasteiger charge is 2.04. The van der Waals surface area contributed by atoms with Crippen LogP contribution in [0.2, 0.25) is 0 Å². The average molecular weight is 417 g/mol. The van der Waals surface area contributed by atoms with Gasteiger partial charge in [-0.25, -0.2) is 0 Å². The Morgan fingerprint density at radius 3 is 2.24 bits per heavy atom. The second kappa shape index (κ2) is 13.8. The van der Waals surface area contributed by atoms with Crippen LogP contribution in [0.1, 0.15) is 12.0 Å². The van der Waals surface area contributed by atoms with Crippen LogP contribution in [0.15, 0.2) is 60.8 Å². The van der Waals surface area contributed by atoms with Gasteiger partial charge < -0.3 is 24.8 Å². The average Bonchev–Trinajstić information content (AvgIpc) is 2.74. The molecule has 2 aromatic rings. The minimum atomic E-state index is 0.599. The smallest absolute Gasteiger partial charge is 0.141 e. The van der Waals surface area contributed by atoms with Gasteiger partial charge in [0.1, 0.15) is 17.3 Å². The van der Waals surface area contributed by atoms with Crippen LogP contribution >= 0.6 is 11.8 Å². The molecule has 0 heterocycles. The lowest BCUT2D eigenvalue weighted by Gasteiger charge is -2.12. The van der Waals surface area contributed by atoms with Crippen molar-refractivity contribution in [2.24, 2.45) is 5.73 Å². The van der Waals surface area contributed by atoms with Crippen molar-refractivity contribution in [3.05, 3.63) is 66.4 Å². The van der Waals surface area contributed by atoms with E-state index in [1.807, 2.05) is 54.6 Å². The lowest BCUT2D eigenvalue weighted by atomic mass is 10.2. The summed E-state index contributed by atoms with van der Waals surface area (Å²) in [5.41, 5.74) is 6.70. The highest BCUT2D eigenvalue weighted by Crippen LogP contribution is 2.20. The Kier molecular flexibility index (Phi) is 10.9. The third-order valence-corrected chi connectivity index (χ3v) is 4.94. The van der Waals surface area contributed by atoms with Crippen molar-refractivity contribution >= 4 is 17.5 Å². The number of hydrogen-bond acceptors (Lipinski definition) is 6. The fourth-order valence-electron chi connectivity index (χ4n) is 2.56. The van der Waals surface area contributed by atoms with E-state index in [4.69, 9.17) is 19.9 Å². The summed E-state index contributed by atoms with van der Waals surface area (Å²) in [4.78, 5) is 2.15. The molecule has 0 bridgehead atoms. The topological polar surface area (TPSA) is 57.0 Å². The molecule has 29 heavy (non-hydrogen) atoms. The van der Waals surface area contributed by atoms with E-state index in [-0.39, 0.29) is 0 Å². The largest absolute Gasteiger partial charge is 0.494 e. The quantitative estimate of drug-likeness (QED) is 0.370. The molecular formula is C23H32N2O3S. The summed E-state index contributed by atoms with van der Waals surface area (Å²) >= 11 is 1.79. The zero-order valence-corrected chi connectivity index (χ0v) is 18.2. The van der Waals surface area contributed by atoms with Crippen LogP contribution in [0.4, 0.5) is 0 Å². The summed E-state index contributed by atoms with van der Waals surface area (Å²) in [6, 6.07) is 17.7. The van der Waals surface area contributed by atoms with Crippen molar-refractivity contribution in [2.45, 2.75) is 6.42 Å². The molecule has 0 amide bonds. The first-order chi connectivity index (χ1) is 14.2. The normalized spacial score (nSPS) is 11.5. The Bertz CT molecular complexity index is 706. The number of hydrogen-bond donors (Lipinski definition) is 1. The number of ether oxygens (including phenoxy) is 3. The Hall–Kier alpha value is -2.31. The maximum absolute atomic E-state index is 5.84. The molecule has 2 aromatic carbocycles. The fraction of sp³-hybridized carbons (Fsp3) is 0.391. The maximum Gasteiger partial charge on any atom is 0.141 e. The third-order valence-electron chi connectivity index (χ3n) is 4.03. The van der Waals surface area contributed by atoms with Crippen molar-refractivity contribution in [1.29, 1.82) is 0 Å². The Morgan fingerprint density at radius 2 is 1.55 bits per heavy atom. The summed E-state index contributed by atoms with van der Waals surface area (Å²) in [5, 5.41) is 0. The molecule has 0 saturated heterocycles. The lowest BCUT2D eigenvalue weighted by molar-refractivity contribution is 0.281. The van der Waals surface area contributed by atoms with Gasteiger partial charge in [0.05, 0.1) is 19.8 Å². The Morgan fingerprint density at radius 1 is 0.897 bits per heavy atom. The molecule has 0 aliphatic carbocycles. The Labute approximate surface area is 178 Å². The number of thioether (sulfide) groups is 1. The van der Waals surface area contributed by atoms with E-state index in [1.54, 1.807) is 11.8 Å². The zero-order chi connectivity index (χ0) is 20.7. The van der Waals surface area contributed by atoms with Gasteiger partial charge in [0.25, 0.3) is 0 Å². The molecule has 5 nitrogen and oxygen atoms in total. The number of rotatable bonds is 14. The first kappa shape index (κ1) is 23.0. The van der Waals surface area contributed by atoms with Gasteiger partial charge in [-0.15, -0.1) is 0 Å². The number of nitrogens with two attached hydrogens (primary N) is 1. The van der Waals surface area contributed by atoms with Gasteiger partial charge in [0.15, 0.2) is 0 Å². The molecule has 0 aliphatic rings.